The van der Waals surface area contributed by atoms with E-state index < -0.39 is 0 Å². The van der Waals surface area contributed by atoms with Crippen molar-refractivity contribution in [3.8, 4) is 22.7 Å². The quantitative estimate of drug-likeness (QED) is 0.0744. The summed E-state index contributed by atoms with van der Waals surface area (Å²) >= 11 is 0. The highest BCUT2D eigenvalue weighted by Crippen LogP contribution is 2.26. The molecule has 12 heterocycles. The Kier molecular flexibility index (Phi) is 16.4. The molecule has 16 aromatic rings. The Morgan fingerprint density at radius 3 is 1.11 bits per heavy atom. The molecule has 0 saturated heterocycles. The Morgan fingerprint density at radius 1 is 0.417 bits per heavy atom. The molecule has 0 spiro atoms. The van der Waals surface area contributed by atoms with E-state index in [1.165, 1.54) is 68.1 Å². The highest BCUT2D eigenvalue weighted by Gasteiger charge is 2.21. The second-order valence-electron chi connectivity index (χ2n) is 21.9. The number of para-hydroxylation sites is 4. The van der Waals surface area contributed by atoms with E-state index in [-0.39, 0.29) is 52.4 Å². The molecule has 0 radical (unpaired) electrons. The number of rotatable bonds is 7. The Balaban J connectivity index is 0.000000116. The summed E-state index contributed by atoms with van der Waals surface area (Å²) in [7, 11) is 1.56. The number of carbonyl (C=O) groups excluding carboxylic acids is 4. The van der Waals surface area contributed by atoms with Crippen molar-refractivity contribution in [1.82, 2.24) is 104 Å². The van der Waals surface area contributed by atoms with Crippen LogP contribution in [0.25, 0.3) is 110 Å². The molecular formula is C67H59N21O8. The summed E-state index contributed by atoms with van der Waals surface area (Å²) < 4.78 is 11.4. The summed E-state index contributed by atoms with van der Waals surface area (Å²) in [4.78, 5) is 116. The number of fused-ring (bicyclic) bond motifs is 12. The van der Waals surface area contributed by atoms with Crippen LogP contribution in [-0.4, -0.2) is 133 Å². The van der Waals surface area contributed by atoms with E-state index in [0.717, 1.165) is 38.9 Å². The zero-order valence-electron chi connectivity index (χ0n) is 52.0. The van der Waals surface area contributed by atoms with Crippen molar-refractivity contribution in [3.05, 3.63) is 231 Å². The molecule has 0 saturated carbocycles. The van der Waals surface area contributed by atoms with E-state index in [9.17, 15) is 38.4 Å². The number of benzene rings is 4. The maximum Gasteiger partial charge on any atom is 0.342 e. The molecular weight excluding hydrogens is 1230 g/mol. The van der Waals surface area contributed by atoms with Gasteiger partial charge in [-0.25, -0.2) is 52.9 Å². The average Bonchev–Trinajstić information content (AvgIpc) is 1.63. The van der Waals surface area contributed by atoms with Gasteiger partial charge in [0.15, 0.2) is 0 Å². The SMILES string of the molecule is CC(C)NC(=O)n1ccc2c3[nH]n(-c4ccccc4)c(=O)c3cnc21.CCNC(=O)n1cc2ncc3c(=O)n(-c4ccccc4)[nH]c3c2n1.CCNC(=O)n1ccc2c3[nH]n(-c4ccccc4)c(=O)c3cnc21.CNC(=O)n1ccc2c3[nH]n(-c4ccccc4)c(=O)c3cnc21. The lowest BCUT2D eigenvalue weighted by Gasteiger charge is -2.09. The second kappa shape index (κ2) is 25.7. The third-order valence-corrected chi connectivity index (χ3v) is 15.5. The minimum atomic E-state index is -0.339. The fourth-order valence-corrected chi connectivity index (χ4v) is 11.0. The molecule has 29 nitrogen and oxygen atoms in total. The van der Waals surface area contributed by atoms with Gasteiger partial charge in [0.05, 0.1) is 72.6 Å². The van der Waals surface area contributed by atoms with Crippen LogP contribution in [0.4, 0.5) is 19.2 Å². The average molecular weight is 1290 g/mol. The molecule has 4 amide bonds. The van der Waals surface area contributed by atoms with Crippen molar-refractivity contribution >= 4 is 112 Å². The van der Waals surface area contributed by atoms with Crippen LogP contribution >= 0.6 is 0 Å². The number of amides is 4. The zero-order valence-corrected chi connectivity index (χ0v) is 52.0. The number of nitrogens with zero attached hydrogens (tertiary/aromatic N) is 13. The lowest BCUT2D eigenvalue weighted by molar-refractivity contribution is 0.239. The minimum Gasteiger partial charge on any atom is -0.340 e. The van der Waals surface area contributed by atoms with Crippen molar-refractivity contribution in [3.63, 3.8) is 0 Å². The lowest BCUT2D eigenvalue weighted by Crippen LogP contribution is -2.33. The van der Waals surface area contributed by atoms with Gasteiger partial charge >= 0.3 is 24.1 Å². The van der Waals surface area contributed by atoms with Gasteiger partial charge in [-0.1, -0.05) is 72.8 Å². The van der Waals surface area contributed by atoms with E-state index in [0.29, 0.717) is 84.7 Å². The van der Waals surface area contributed by atoms with Crippen molar-refractivity contribution in [2.75, 3.05) is 20.1 Å². The standard InChI is InChI=1S/C18H17N5O2.C17H15N5O2.C16H14N6O2.C16H13N5O2/c1-11(2)20-18(25)22-9-8-13-15-14(10-19-16(13)22)17(24)23(21-15)12-6-4-3-5-7-12;1-2-18-17(24)21-9-8-12-14-13(10-19-15(12)21)16(23)22(20-14)11-6-4-3-5-7-11;1-2-17-16(24)21-9-12-14(19-21)13-11(8-18-12)15(23)22(20-13)10-6-4-3-5-7-10;1-17-16(23)20-8-7-11-13-12(9-18-14(11)20)15(22)21(19-13)10-5-3-2-4-6-10/h3-11,21H,1-2H3,(H,20,25);3-10,20H,2H2,1H3,(H,18,24);3-9,20H,2H2,1H3,(H,17,24);2-9,19H,1H3,(H,17,23). The van der Waals surface area contributed by atoms with Crippen LogP contribution in [-0.2, 0) is 0 Å². The summed E-state index contributed by atoms with van der Waals surface area (Å²) in [5, 5.41) is 31.6. The van der Waals surface area contributed by atoms with Gasteiger partial charge in [0.2, 0.25) is 0 Å². The fourth-order valence-electron chi connectivity index (χ4n) is 11.0. The Labute approximate surface area is 539 Å². The van der Waals surface area contributed by atoms with E-state index in [1.54, 1.807) is 43.8 Å². The summed E-state index contributed by atoms with van der Waals surface area (Å²) in [6.45, 7) is 8.50. The monoisotopic (exact) mass is 1290 g/mol. The smallest absolute Gasteiger partial charge is 0.340 e. The van der Waals surface area contributed by atoms with Gasteiger partial charge in [0.25, 0.3) is 22.2 Å². The molecule has 4 aromatic carbocycles. The van der Waals surface area contributed by atoms with Crippen molar-refractivity contribution < 1.29 is 19.2 Å². The Bertz CT molecular complexity index is 5780. The number of nitrogens with one attached hydrogen (secondary N) is 8. The van der Waals surface area contributed by atoms with E-state index >= 15 is 0 Å². The highest BCUT2D eigenvalue weighted by atomic mass is 16.2. The molecule has 12 aromatic heterocycles. The highest BCUT2D eigenvalue weighted by molar-refractivity contribution is 6.07. The lowest BCUT2D eigenvalue weighted by atomic mass is 10.2. The molecule has 29 heteroatoms. The van der Waals surface area contributed by atoms with Gasteiger partial charge in [0.1, 0.15) is 28.0 Å². The number of H-pyrrole nitrogens is 4. The van der Waals surface area contributed by atoms with Crippen LogP contribution in [0.15, 0.2) is 208 Å². The van der Waals surface area contributed by atoms with Crippen LogP contribution in [0.2, 0.25) is 0 Å². The van der Waals surface area contributed by atoms with Gasteiger partial charge in [-0.15, -0.1) is 0 Å². The minimum absolute atomic E-state index is 0.0210. The third kappa shape index (κ3) is 11.2. The molecule has 0 aliphatic rings. The van der Waals surface area contributed by atoms with Gasteiger partial charge in [-0.05, 0) is 94.4 Å². The number of hydrogen-bond donors (Lipinski definition) is 8. The summed E-state index contributed by atoms with van der Waals surface area (Å²) in [6, 6.07) is 41.4. The Morgan fingerprint density at radius 2 is 0.750 bits per heavy atom. The van der Waals surface area contributed by atoms with Crippen LogP contribution in [0.3, 0.4) is 0 Å². The van der Waals surface area contributed by atoms with Crippen molar-refractivity contribution in [2.45, 2.75) is 33.7 Å². The number of carbonyl (C=O) groups is 4. The van der Waals surface area contributed by atoms with E-state index in [1.807, 2.05) is 149 Å². The summed E-state index contributed by atoms with van der Waals surface area (Å²) in [5.41, 5.74) is 7.29. The number of pyridine rings is 4. The maximum absolute atomic E-state index is 12.7. The molecule has 0 unspecified atom stereocenters. The largest absolute Gasteiger partial charge is 0.342 e. The number of aromatic amines is 4. The first-order chi connectivity index (χ1) is 46.6. The van der Waals surface area contributed by atoms with Crippen molar-refractivity contribution in [2.24, 2.45) is 0 Å². The van der Waals surface area contributed by atoms with Crippen molar-refractivity contribution in [1.29, 1.82) is 0 Å². The molecule has 480 valence electrons. The second-order valence-corrected chi connectivity index (χ2v) is 21.9. The van der Waals surface area contributed by atoms with Gasteiger partial charge in [-0.3, -0.25) is 58.3 Å². The first-order valence-electron chi connectivity index (χ1n) is 30.3. The zero-order chi connectivity index (χ0) is 66.9. The molecule has 16 rings (SSSR count). The van der Waals surface area contributed by atoms with Gasteiger partial charge in [-0.2, -0.15) is 9.78 Å². The summed E-state index contributed by atoms with van der Waals surface area (Å²) in [5.74, 6) is 0. The molecule has 0 atom stereocenters. The summed E-state index contributed by atoms with van der Waals surface area (Å²) in [6.07, 6.45) is 12.5. The normalized spacial score (nSPS) is 11.3. The van der Waals surface area contributed by atoms with E-state index in [4.69, 9.17) is 0 Å². The third-order valence-electron chi connectivity index (χ3n) is 15.5. The molecule has 0 aliphatic carbocycles. The Hall–Kier alpha value is -13.5. The van der Waals surface area contributed by atoms with Crippen LogP contribution in [0.5, 0.6) is 0 Å². The van der Waals surface area contributed by atoms with Gasteiger partial charge in [0, 0.05) is 85.7 Å². The van der Waals surface area contributed by atoms with Crippen LogP contribution in [0, 0.1) is 0 Å². The fraction of sp³-hybridized carbons (Fsp3) is 0.119. The van der Waals surface area contributed by atoms with Crippen LogP contribution in [0.1, 0.15) is 27.7 Å². The first-order valence-corrected chi connectivity index (χ1v) is 30.3. The van der Waals surface area contributed by atoms with E-state index in [2.05, 4.69) is 66.7 Å². The predicted molar refractivity (Wildman–Crippen MR) is 364 cm³/mol. The number of hydrogen-bond acceptors (Lipinski definition) is 13. The van der Waals surface area contributed by atoms with Gasteiger partial charge < -0.3 is 21.3 Å². The molecule has 96 heavy (non-hydrogen) atoms. The topological polar surface area (TPSA) is 352 Å². The van der Waals surface area contributed by atoms with Crippen LogP contribution < -0.4 is 43.5 Å². The molecule has 0 aliphatic heterocycles. The first kappa shape index (κ1) is 61.4. The maximum atomic E-state index is 12.7. The molecule has 8 N–H and O–H groups in total. The molecule has 0 bridgehead atoms. The molecule has 0 fully saturated rings. The predicted octanol–water partition coefficient (Wildman–Crippen LogP) is 8.38. The number of aromatic nitrogens is 17.